The van der Waals surface area contributed by atoms with E-state index in [4.69, 9.17) is 0 Å². The lowest BCUT2D eigenvalue weighted by Gasteiger charge is -2.03. The molecule has 0 aliphatic heterocycles. The van der Waals surface area contributed by atoms with Gasteiger partial charge in [-0.2, -0.15) is 5.10 Å². The highest BCUT2D eigenvalue weighted by molar-refractivity contribution is 9.10. The van der Waals surface area contributed by atoms with E-state index < -0.39 is 0 Å². The van der Waals surface area contributed by atoms with E-state index in [0.717, 1.165) is 32.6 Å². The topological polar surface area (TPSA) is 34.9 Å². The number of thiophene rings is 1. The Bertz CT molecular complexity index is 776. The summed E-state index contributed by atoms with van der Waals surface area (Å²) in [4.78, 5) is 12.3. The molecular weight excluding hydrogens is 336 g/mol. The number of halogens is 1. The summed E-state index contributed by atoms with van der Waals surface area (Å²) in [5.74, 6) is 0. The Balaban J connectivity index is 2.17. The van der Waals surface area contributed by atoms with Crippen LogP contribution < -0.4 is 0 Å². The zero-order valence-electron chi connectivity index (χ0n) is 10.7. The summed E-state index contributed by atoms with van der Waals surface area (Å²) in [6.45, 7) is 2.03. The van der Waals surface area contributed by atoms with Crippen LogP contribution in [0.3, 0.4) is 0 Å². The van der Waals surface area contributed by atoms with E-state index in [1.54, 1.807) is 22.2 Å². The molecule has 0 fully saturated rings. The highest BCUT2D eigenvalue weighted by Crippen LogP contribution is 2.31. The molecule has 5 heteroatoms. The minimum atomic E-state index is 0.603. The Morgan fingerprint density at radius 2 is 2.10 bits per heavy atom. The van der Waals surface area contributed by atoms with E-state index in [2.05, 4.69) is 21.0 Å². The van der Waals surface area contributed by atoms with Gasteiger partial charge in [-0.05, 0) is 52.0 Å². The van der Waals surface area contributed by atoms with Crippen LogP contribution in [0, 0.1) is 6.92 Å². The van der Waals surface area contributed by atoms with Gasteiger partial charge in [0.25, 0.3) is 0 Å². The van der Waals surface area contributed by atoms with E-state index in [1.165, 1.54) is 0 Å². The molecule has 3 rings (SSSR count). The summed E-state index contributed by atoms with van der Waals surface area (Å²) in [5, 5.41) is 6.59. The molecule has 0 saturated carbocycles. The number of carbonyl (C=O) groups is 1. The number of hydrogen-bond acceptors (Lipinski definition) is 3. The third kappa shape index (κ3) is 2.23. The van der Waals surface area contributed by atoms with Crippen LogP contribution in [0.5, 0.6) is 0 Å². The summed E-state index contributed by atoms with van der Waals surface area (Å²) in [6, 6.07) is 9.83. The second-order valence-electron chi connectivity index (χ2n) is 4.38. The molecule has 0 atom stereocenters. The highest BCUT2D eigenvalue weighted by atomic mass is 79.9. The van der Waals surface area contributed by atoms with Crippen molar-refractivity contribution in [2.24, 2.45) is 0 Å². The average Bonchev–Trinajstić information content (AvgIpc) is 3.04. The smallest absolute Gasteiger partial charge is 0.153 e. The van der Waals surface area contributed by atoms with Crippen LogP contribution in [-0.2, 0) is 0 Å². The van der Waals surface area contributed by atoms with Crippen molar-refractivity contribution in [1.82, 2.24) is 9.78 Å². The third-order valence-electron chi connectivity index (χ3n) is 3.05. The maximum atomic E-state index is 11.3. The zero-order chi connectivity index (χ0) is 14.1. The summed E-state index contributed by atoms with van der Waals surface area (Å²) in [6.07, 6.45) is 2.62. The molecule has 0 N–H and O–H groups in total. The molecule has 0 aliphatic rings. The van der Waals surface area contributed by atoms with Crippen molar-refractivity contribution in [2.45, 2.75) is 6.92 Å². The first-order chi connectivity index (χ1) is 9.70. The Morgan fingerprint density at radius 3 is 2.75 bits per heavy atom. The van der Waals surface area contributed by atoms with Crippen molar-refractivity contribution in [2.75, 3.05) is 0 Å². The van der Waals surface area contributed by atoms with Gasteiger partial charge in [-0.3, -0.25) is 4.79 Å². The van der Waals surface area contributed by atoms with Crippen LogP contribution in [0.1, 0.15) is 15.9 Å². The predicted octanol–water partition coefficient (Wildman–Crippen LogP) is 4.48. The van der Waals surface area contributed by atoms with Crippen LogP contribution in [-0.4, -0.2) is 16.1 Å². The van der Waals surface area contributed by atoms with E-state index in [-0.39, 0.29) is 0 Å². The van der Waals surface area contributed by atoms with Crippen LogP contribution in [0.15, 0.2) is 46.4 Å². The number of nitrogens with zero attached hydrogens (tertiary/aromatic N) is 2. The van der Waals surface area contributed by atoms with Crippen LogP contribution in [0.4, 0.5) is 0 Å². The van der Waals surface area contributed by atoms with E-state index in [1.807, 2.05) is 42.6 Å². The number of rotatable bonds is 3. The lowest BCUT2D eigenvalue weighted by molar-refractivity contribution is 0.112. The molecule has 0 bridgehead atoms. The summed E-state index contributed by atoms with van der Waals surface area (Å²) in [7, 11) is 0. The van der Waals surface area contributed by atoms with Gasteiger partial charge in [0.05, 0.1) is 16.1 Å². The van der Waals surface area contributed by atoms with Crippen molar-refractivity contribution < 1.29 is 4.79 Å². The van der Waals surface area contributed by atoms with Gasteiger partial charge in [-0.25, -0.2) is 4.68 Å². The molecule has 100 valence electrons. The van der Waals surface area contributed by atoms with Crippen LogP contribution >= 0.6 is 27.3 Å². The fourth-order valence-corrected chi connectivity index (χ4v) is 3.43. The summed E-state index contributed by atoms with van der Waals surface area (Å²) >= 11 is 5.10. The predicted molar refractivity (Wildman–Crippen MR) is 84.7 cm³/mol. The molecule has 3 nitrogen and oxygen atoms in total. The van der Waals surface area contributed by atoms with Crippen molar-refractivity contribution in [3.63, 3.8) is 0 Å². The monoisotopic (exact) mass is 346 g/mol. The van der Waals surface area contributed by atoms with Gasteiger partial charge < -0.3 is 0 Å². The highest BCUT2D eigenvalue weighted by Gasteiger charge is 2.15. The Morgan fingerprint density at radius 1 is 1.30 bits per heavy atom. The number of aromatic nitrogens is 2. The molecule has 0 amide bonds. The van der Waals surface area contributed by atoms with E-state index in [0.29, 0.717) is 5.56 Å². The molecule has 0 radical (unpaired) electrons. The number of hydrogen-bond donors (Lipinski definition) is 0. The molecule has 3 aromatic rings. The van der Waals surface area contributed by atoms with Gasteiger partial charge in [0.15, 0.2) is 6.29 Å². The molecule has 0 unspecified atom stereocenters. The van der Waals surface area contributed by atoms with Crippen molar-refractivity contribution in [3.8, 4) is 16.3 Å². The molecular formula is C15H11BrN2OS. The fraction of sp³-hybridized carbons (Fsp3) is 0.0667. The lowest BCUT2D eigenvalue weighted by Crippen LogP contribution is -1.95. The minimum absolute atomic E-state index is 0.603. The average molecular weight is 347 g/mol. The lowest BCUT2D eigenvalue weighted by atomic mass is 10.2. The van der Waals surface area contributed by atoms with Gasteiger partial charge in [0.2, 0.25) is 0 Å². The zero-order valence-corrected chi connectivity index (χ0v) is 13.1. The van der Waals surface area contributed by atoms with E-state index in [9.17, 15) is 4.79 Å². The molecule has 1 aromatic carbocycles. The largest absolute Gasteiger partial charge is 0.298 e. The van der Waals surface area contributed by atoms with Gasteiger partial charge >= 0.3 is 0 Å². The SMILES string of the molecule is Cc1ccsc1-c1nn(-c2ccccc2Br)cc1C=O. The van der Waals surface area contributed by atoms with Crippen LogP contribution in [0.25, 0.3) is 16.3 Å². The number of aryl methyl sites for hydroxylation is 1. The van der Waals surface area contributed by atoms with Crippen molar-refractivity contribution >= 4 is 33.6 Å². The first kappa shape index (κ1) is 13.3. The van der Waals surface area contributed by atoms with Gasteiger partial charge in [-0.15, -0.1) is 11.3 Å². The van der Waals surface area contributed by atoms with Crippen molar-refractivity contribution in [1.29, 1.82) is 0 Å². The molecule has 0 aliphatic carbocycles. The number of benzene rings is 1. The van der Waals surface area contributed by atoms with Crippen LogP contribution in [0.2, 0.25) is 0 Å². The summed E-state index contributed by atoms with van der Waals surface area (Å²) in [5.41, 5.74) is 3.39. The number of carbonyl (C=O) groups excluding carboxylic acids is 1. The Hall–Kier alpha value is -1.72. The fourth-order valence-electron chi connectivity index (χ4n) is 2.03. The van der Waals surface area contributed by atoms with Gasteiger partial charge in [0.1, 0.15) is 5.69 Å². The molecule has 2 aromatic heterocycles. The van der Waals surface area contributed by atoms with Gasteiger partial charge in [-0.1, -0.05) is 12.1 Å². The molecule has 0 spiro atoms. The first-order valence-corrected chi connectivity index (χ1v) is 7.72. The molecule has 0 saturated heterocycles. The Labute approximate surface area is 129 Å². The van der Waals surface area contributed by atoms with E-state index >= 15 is 0 Å². The maximum absolute atomic E-state index is 11.3. The Kier molecular flexibility index (Phi) is 3.54. The third-order valence-corrected chi connectivity index (χ3v) is 4.74. The standard InChI is InChI=1S/C15H11BrN2OS/c1-10-6-7-20-15(10)14-11(9-19)8-18(17-14)13-5-3-2-4-12(13)16/h2-9H,1H3. The molecule has 2 heterocycles. The minimum Gasteiger partial charge on any atom is -0.298 e. The number of aldehydes is 1. The summed E-state index contributed by atoms with van der Waals surface area (Å²) < 4.78 is 2.68. The number of para-hydroxylation sites is 1. The van der Waals surface area contributed by atoms with Gasteiger partial charge in [0, 0.05) is 10.7 Å². The second kappa shape index (κ2) is 5.34. The second-order valence-corrected chi connectivity index (χ2v) is 6.15. The normalized spacial score (nSPS) is 10.7. The quantitative estimate of drug-likeness (QED) is 0.655. The van der Waals surface area contributed by atoms with Crippen molar-refractivity contribution in [3.05, 3.63) is 57.5 Å². The molecule has 20 heavy (non-hydrogen) atoms. The first-order valence-electron chi connectivity index (χ1n) is 6.05. The maximum Gasteiger partial charge on any atom is 0.153 e.